The molecule has 0 aromatic heterocycles. The molecule has 7 nitrogen and oxygen atoms in total. The molecule has 0 spiro atoms. The number of benzene rings is 4. The van der Waals surface area contributed by atoms with Crippen molar-refractivity contribution in [1.82, 2.24) is 0 Å². The highest BCUT2D eigenvalue weighted by Gasteiger charge is 2.23. The zero-order valence-corrected chi connectivity index (χ0v) is 25.0. The number of nitrogens with one attached hydrogen (secondary N) is 1. The van der Waals surface area contributed by atoms with Gasteiger partial charge in [-0.05, 0) is 54.8 Å². The summed E-state index contributed by atoms with van der Waals surface area (Å²) in [4.78, 5) is 40.5. The number of allylic oxidation sites excluding steroid dienone is 1. The second-order valence-electron chi connectivity index (χ2n) is 10.2. The molecule has 0 aliphatic heterocycles. The first-order chi connectivity index (χ1) is 21.5. The number of rotatable bonds is 16. The summed E-state index contributed by atoms with van der Waals surface area (Å²) >= 11 is 0. The summed E-state index contributed by atoms with van der Waals surface area (Å²) in [6, 6.07) is 32.6. The van der Waals surface area contributed by atoms with Crippen molar-refractivity contribution in [3.63, 3.8) is 0 Å². The van der Waals surface area contributed by atoms with Gasteiger partial charge in [-0.1, -0.05) is 78.9 Å². The molecule has 0 fully saturated rings. The van der Waals surface area contributed by atoms with Crippen LogP contribution in [0.5, 0.6) is 5.75 Å². The number of carbonyl (C=O) groups is 3. The summed E-state index contributed by atoms with van der Waals surface area (Å²) in [5.41, 5.74) is 3.37. The fourth-order valence-electron chi connectivity index (χ4n) is 4.81. The van der Waals surface area contributed by atoms with Gasteiger partial charge < -0.3 is 19.7 Å². The molecule has 0 bridgehead atoms. The molecule has 0 aliphatic carbocycles. The van der Waals surface area contributed by atoms with Crippen molar-refractivity contribution in [3.8, 4) is 5.75 Å². The van der Waals surface area contributed by atoms with Crippen LogP contribution in [0.4, 0.5) is 11.4 Å². The standard InChI is InChI=1S/C37H38N2O5/c1-3-4-20-35(40)39(30-16-9-6-10-17-30)25-13-26-44-31-23-21-28(22-24-31)27-34(37(42)43-2)38-33-19-12-11-18-32(33)36(41)29-14-7-5-8-15-29/h3,5-12,14-19,21-24,34,38H,1,4,13,20,25-27H2,2H3/t34-/m0/s1. The summed E-state index contributed by atoms with van der Waals surface area (Å²) in [6.07, 6.45) is 3.81. The highest BCUT2D eigenvalue weighted by Crippen LogP contribution is 2.22. The number of hydrogen-bond donors (Lipinski definition) is 1. The van der Waals surface area contributed by atoms with E-state index in [9.17, 15) is 14.4 Å². The van der Waals surface area contributed by atoms with Crippen molar-refractivity contribution < 1.29 is 23.9 Å². The molecule has 0 saturated carbocycles. The van der Waals surface area contributed by atoms with Crippen molar-refractivity contribution >= 4 is 29.0 Å². The van der Waals surface area contributed by atoms with E-state index in [1.54, 1.807) is 41.3 Å². The molecule has 1 N–H and O–H groups in total. The predicted octanol–water partition coefficient (Wildman–Crippen LogP) is 6.88. The van der Waals surface area contributed by atoms with Gasteiger partial charge in [0, 0.05) is 41.9 Å². The number of esters is 1. The molecule has 4 rings (SSSR count). The van der Waals surface area contributed by atoms with Gasteiger partial charge in [0.15, 0.2) is 5.78 Å². The van der Waals surface area contributed by atoms with Gasteiger partial charge in [-0.2, -0.15) is 0 Å². The molecule has 44 heavy (non-hydrogen) atoms. The first kappa shape index (κ1) is 31.8. The predicted molar refractivity (Wildman–Crippen MR) is 174 cm³/mol. The number of ether oxygens (including phenoxy) is 2. The van der Waals surface area contributed by atoms with E-state index < -0.39 is 12.0 Å². The molecule has 7 heteroatoms. The number of nitrogens with zero attached hydrogens (tertiary/aromatic N) is 1. The lowest BCUT2D eigenvalue weighted by Crippen LogP contribution is -2.33. The van der Waals surface area contributed by atoms with Gasteiger partial charge in [-0.3, -0.25) is 9.59 Å². The van der Waals surface area contributed by atoms with Crippen LogP contribution in [0.15, 0.2) is 122 Å². The average molecular weight is 591 g/mol. The normalized spacial score (nSPS) is 11.2. The molecule has 0 heterocycles. The highest BCUT2D eigenvalue weighted by atomic mass is 16.5. The summed E-state index contributed by atoms with van der Waals surface area (Å²) in [5, 5.41) is 3.24. The Kier molecular flexibility index (Phi) is 11.9. The fraction of sp³-hybridized carbons (Fsp3) is 0.216. The van der Waals surface area contributed by atoms with E-state index >= 15 is 0 Å². The summed E-state index contributed by atoms with van der Waals surface area (Å²) in [7, 11) is 1.35. The molecule has 4 aromatic carbocycles. The molecule has 0 unspecified atom stereocenters. The van der Waals surface area contributed by atoms with Crippen molar-refractivity contribution in [2.45, 2.75) is 31.7 Å². The molecule has 1 amide bonds. The van der Waals surface area contributed by atoms with E-state index in [0.29, 0.717) is 61.4 Å². The van der Waals surface area contributed by atoms with Crippen LogP contribution < -0.4 is 15.0 Å². The molecule has 0 aliphatic rings. The number of amides is 1. The molecule has 4 aromatic rings. The summed E-state index contributed by atoms with van der Waals surface area (Å²) in [5.74, 6) is 0.186. The fourth-order valence-corrected chi connectivity index (χ4v) is 4.81. The Morgan fingerprint density at radius 1 is 0.864 bits per heavy atom. The number of methoxy groups -OCH3 is 1. The van der Waals surface area contributed by atoms with Crippen LogP contribution in [0.25, 0.3) is 0 Å². The first-order valence-electron chi connectivity index (χ1n) is 14.7. The van der Waals surface area contributed by atoms with Crippen LogP contribution in [0.2, 0.25) is 0 Å². The van der Waals surface area contributed by atoms with Crippen molar-refractivity contribution in [3.05, 3.63) is 139 Å². The average Bonchev–Trinajstić information content (AvgIpc) is 3.08. The Morgan fingerprint density at radius 2 is 1.52 bits per heavy atom. The lowest BCUT2D eigenvalue weighted by atomic mass is 10.00. The van der Waals surface area contributed by atoms with Gasteiger partial charge in [0.1, 0.15) is 11.8 Å². The minimum absolute atomic E-state index is 0.0567. The zero-order chi connectivity index (χ0) is 31.1. The maximum atomic E-state index is 13.2. The third-order valence-electron chi connectivity index (χ3n) is 7.11. The topological polar surface area (TPSA) is 84.9 Å². The number of para-hydroxylation sites is 2. The summed E-state index contributed by atoms with van der Waals surface area (Å²) in [6.45, 7) is 4.70. The third-order valence-corrected chi connectivity index (χ3v) is 7.11. The van der Waals surface area contributed by atoms with E-state index in [4.69, 9.17) is 9.47 Å². The lowest BCUT2D eigenvalue weighted by Gasteiger charge is -2.23. The van der Waals surface area contributed by atoms with Crippen LogP contribution in [0, 0.1) is 0 Å². The lowest BCUT2D eigenvalue weighted by molar-refractivity contribution is -0.141. The highest BCUT2D eigenvalue weighted by molar-refractivity contribution is 6.12. The van der Waals surface area contributed by atoms with Crippen molar-refractivity contribution in [1.29, 1.82) is 0 Å². The third kappa shape index (κ3) is 8.91. The second-order valence-corrected chi connectivity index (χ2v) is 10.2. The van der Waals surface area contributed by atoms with E-state index in [-0.39, 0.29) is 11.7 Å². The van der Waals surface area contributed by atoms with Crippen LogP contribution in [-0.2, 0) is 20.7 Å². The van der Waals surface area contributed by atoms with Crippen molar-refractivity contribution in [2.24, 2.45) is 0 Å². The number of carbonyl (C=O) groups excluding carboxylic acids is 3. The quantitative estimate of drug-likeness (QED) is 0.0663. The molecule has 226 valence electrons. The molecular weight excluding hydrogens is 552 g/mol. The SMILES string of the molecule is C=CCCC(=O)N(CCCOc1ccc(C[C@H](Nc2ccccc2C(=O)c2ccccc2)C(=O)OC)cc1)c1ccccc1. The monoisotopic (exact) mass is 590 g/mol. The zero-order valence-electron chi connectivity index (χ0n) is 25.0. The van der Waals surface area contributed by atoms with Crippen LogP contribution in [0.1, 0.15) is 40.7 Å². The molecule has 0 saturated heterocycles. The Hall–Kier alpha value is -5.17. The largest absolute Gasteiger partial charge is 0.494 e. The minimum atomic E-state index is -0.709. The smallest absolute Gasteiger partial charge is 0.328 e. The van der Waals surface area contributed by atoms with E-state index in [2.05, 4.69) is 11.9 Å². The van der Waals surface area contributed by atoms with Gasteiger partial charge in [0.2, 0.25) is 5.91 Å². The summed E-state index contributed by atoms with van der Waals surface area (Å²) < 4.78 is 11.0. The Labute approximate surface area is 259 Å². The minimum Gasteiger partial charge on any atom is -0.494 e. The maximum Gasteiger partial charge on any atom is 0.328 e. The molecule has 1 atom stereocenters. The van der Waals surface area contributed by atoms with E-state index in [1.807, 2.05) is 78.9 Å². The van der Waals surface area contributed by atoms with E-state index in [0.717, 1.165) is 11.3 Å². The Bertz CT molecular complexity index is 1520. The van der Waals surface area contributed by atoms with Crippen LogP contribution in [0.3, 0.4) is 0 Å². The van der Waals surface area contributed by atoms with Gasteiger partial charge in [-0.25, -0.2) is 4.79 Å². The van der Waals surface area contributed by atoms with Crippen LogP contribution in [-0.4, -0.2) is 44.0 Å². The van der Waals surface area contributed by atoms with E-state index in [1.165, 1.54) is 7.11 Å². The molecule has 0 radical (unpaired) electrons. The van der Waals surface area contributed by atoms with Crippen molar-refractivity contribution in [2.75, 3.05) is 30.5 Å². The number of anilines is 2. The Morgan fingerprint density at radius 3 is 2.20 bits per heavy atom. The van der Waals surface area contributed by atoms with Gasteiger partial charge in [-0.15, -0.1) is 6.58 Å². The first-order valence-corrected chi connectivity index (χ1v) is 14.7. The van der Waals surface area contributed by atoms with Gasteiger partial charge in [0.05, 0.1) is 13.7 Å². The second kappa shape index (κ2) is 16.5. The Balaban J connectivity index is 1.36. The van der Waals surface area contributed by atoms with Gasteiger partial charge in [0.25, 0.3) is 0 Å². The van der Waals surface area contributed by atoms with Gasteiger partial charge >= 0.3 is 5.97 Å². The molecular formula is C37H38N2O5. The number of ketones is 1. The van der Waals surface area contributed by atoms with Crippen LogP contribution >= 0.6 is 0 Å². The maximum absolute atomic E-state index is 13.2. The number of hydrogen-bond acceptors (Lipinski definition) is 6.